The Balaban J connectivity index is 1.61. The van der Waals surface area contributed by atoms with E-state index in [2.05, 4.69) is 18.9 Å². The third-order valence-electron chi connectivity index (χ3n) is 4.82. The number of aryl methyl sites for hydroxylation is 1. The Morgan fingerprint density at radius 3 is 2.48 bits per heavy atom. The van der Waals surface area contributed by atoms with E-state index < -0.39 is 0 Å². The first-order valence-corrected chi connectivity index (χ1v) is 9.10. The number of nitrogens with zero attached hydrogens (tertiary/aromatic N) is 3. The van der Waals surface area contributed by atoms with Gasteiger partial charge in [-0.3, -0.25) is 9.48 Å². The van der Waals surface area contributed by atoms with Crippen molar-refractivity contribution in [1.29, 1.82) is 0 Å². The number of amides is 1. The summed E-state index contributed by atoms with van der Waals surface area (Å²) in [5.41, 5.74) is 3.12. The van der Waals surface area contributed by atoms with Crippen LogP contribution in [0.15, 0.2) is 60.7 Å². The predicted molar refractivity (Wildman–Crippen MR) is 105 cm³/mol. The van der Waals surface area contributed by atoms with Crippen LogP contribution in [-0.2, 0) is 12.1 Å². The van der Waals surface area contributed by atoms with Crippen LogP contribution in [0.4, 0.5) is 5.69 Å². The zero-order valence-corrected chi connectivity index (χ0v) is 15.8. The number of carbonyl (C=O) groups is 1. The van der Waals surface area contributed by atoms with E-state index in [0.717, 1.165) is 17.1 Å². The number of fused-ring (bicyclic) bond motifs is 1. The van der Waals surface area contributed by atoms with Crippen molar-refractivity contribution >= 4 is 11.6 Å². The summed E-state index contributed by atoms with van der Waals surface area (Å²) < 4.78 is 7.63. The standard InChI is InChI=1S/C22H23N3O2/c1-16-9-11-18(12-10-16)24-15-22(2,3)25-20(21(24)26)13-17(23-25)14-27-19-7-5-4-6-8-19/h4-13H,14-15H2,1-3H3. The van der Waals surface area contributed by atoms with Gasteiger partial charge in [-0.1, -0.05) is 35.9 Å². The van der Waals surface area contributed by atoms with Gasteiger partial charge in [0.2, 0.25) is 0 Å². The van der Waals surface area contributed by atoms with Gasteiger partial charge in [0.05, 0.1) is 12.1 Å². The van der Waals surface area contributed by atoms with Crippen LogP contribution in [0.3, 0.4) is 0 Å². The van der Waals surface area contributed by atoms with E-state index in [1.165, 1.54) is 5.56 Å². The van der Waals surface area contributed by atoms with E-state index in [1.807, 2.05) is 77.2 Å². The lowest BCUT2D eigenvalue weighted by molar-refractivity contribution is 0.0926. The highest BCUT2D eigenvalue weighted by Gasteiger charge is 2.38. The number of ether oxygens (including phenoxy) is 1. The van der Waals surface area contributed by atoms with E-state index in [-0.39, 0.29) is 11.4 Å². The molecule has 0 saturated carbocycles. The molecule has 27 heavy (non-hydrogen) atoms. The van der Waals surface area contributed by atoms with Gasteiger partial charge in [0.15, 0.2) is 0 Å². The second-order valence-corrected chi connectivity index (χ2v) is 7.57. The molecule has 0 saturated heterocycles. The molecule has 1 aliphatic rings. The summed E-state index contributed by atoms with van der Waals surface area (Å²) in [5, 5.41) is 4.66. The minimum atomic E-state index is -0.306. The fraction of sp³-hybridized carbons (Fsp3) is 0.273. The molecule has 0 N–H and O–H groups in total. The van der Waals surface area contributed by atoms with Crippen molar-refractivity contribution in [3.63, 3.8) is 0 Å². The SMILES string of the molecule is Cc1ccc(N2CC(C)(C)n3nc(COc4ccccc4)cc3C2=O)cc1. The summed E-state index contributed by atoms with van der Waals surface area (Å²) in [4.78, 5) is 14.9. The summed E-state index contributed by atoms with van der Waals surface area (Å²) in [6, 6.07) is 19.5. The average Bonchev–Trinajstić information content (AvgIpc) is 3.11. The molecule has 1 aliphatic heterocycles. The molecule has 5 heteroatoms. The molecule has 0 radical (unpaired) electrons. The van der Waals surface area contributed by atoms with Crippen LogP contribution in [-0.4, -0.2) is 22.2 Å². The number of rotatable bonds is 4. The van der Waals surface area contributed by atoms with Crippen LogP contribution in [0.25, 0.3) is 0 Å². The van der Waals surface area contributed by atoms with E-state index in [1.54, 1.807) is 0 Å². The first kappa shape index (κ1) is 17.3. The smallest absolute Gasteiger partial charge is 0.276 e. The van der Waals surface area contributed by atoms with Crippen molar-refractivity contribution in [1.82, 2.24) is 9.78 Å². The minimum absolute atomic E-state index is 0.0309. The highest BCUT2D eigenvalue weighted by atomic mass is 16.5. The minimum Gasteiger partial charge on any atom is -0.487 e. The van der Waals surface area contributed by atoms with Gasteiger partial charge in [0.1, 0.15) is 23.7 Å². The summed E-state index contributed by atoms with van der Waals surface area (Å²) in [6.07, 6.45) is 0. The molecule has 2 aromatic carbocycles. The Morgan fingerprint density at radius 1 is 1.07 bits per heavy atom. The van der Waals surface area contributed by atoms with E-state index in [9.17, 15) is 4.79 Å². The quantitative estimate of drug-likeness (QED) is 0.701. The van der Waals surface area contributed by atoms with E-state index in [4.69, 9.17) is 4.74 Å². The maximum atomic E-state index is 13.1. The monoisotopic (exact) mass is 361 g/mol. The Bertz CT molecular complexity index is 959. The van der Waals surface area contributed by atoms with Gasteiger partial charge in [-0.25, -0.2) is 0 Å². The van der Waals surface area contributed by atoms with Crippen LogP contribution < -0.4 is 9.64 Å². The molecule has 4 rings (SSSR count). The topological polar surface area (TPSA) is 47.4 Å². The first-order valence-electron chi connectivity index (χ1n) is 9.10. The second-order valence-electron chi connectivity index (χ2n) is 7.57. The molecular weight excluding hydrogens is 338 g/mol. The highest BCUT2D eigenvalue weighted by Crippen LogP contribution is 2.30. The van der Waals surface area contributed by atoms with Gasteiger partial charge in [-0.05, 0) is 51.1 Å². The summed E-state index contributed by atoms with van der Waals surface area (Å²) in [5.74, 6) is 0.756. The van der Waals surface area contributed by atoms with Gasteiger partial charge in [0, 0.05) is 5.69 Å². The predicted octanol–water partition coefficient (Wildman–Crippen LogP) is 4.17. The van der Waals surface area contributed by atoms with E-state index in [0.29, 0.717) is 18.8 Å². The molecule has 5 nitrogen and oxygen atoms in total. The third-order valence-corrected chi connectivity index (χ3v) is 4.82. The summed E-state index contributed by atoms with van der Waals surface area (Å²) >= 11 is 0. The Hall–Kier alpha value is -3.08. The number of benzene rings is 2. The average molecular weight is 361 g/mol. The van der Waals surface area contributed by atoms with Gasteiger partial charge >= 0.3 is 0 Å². The summed E-state index contributed by atoms with van der Waals surface area (Å²) in [7, 11) is 0. The molecule has 138 valence electrons. The van der Waals surface area contributed by atoms with Crippen LogP contribution in [0, 0.1) is 6.92 Å². The van der Waals surface area contributed by atoms with Crippen LogP contribution in [0.1, 0.15) is 35.6 Å². The van der Waals surface area contributed by atoms with Crippen LogP contribution in [0.5, 0.6) is 5.75 Å². The molecule has 0 spiro atoms. The molecule has 2 heterocycles. The number of aromatic nitrogens is 2. The maximum Gasteiger partial charge on any atom is 0.276 e. The maximum absolute atomic E-state index is 13.1. The van der Waals surface area contributed by atoms with E-state index >= 15 is 0 Å². The van der Waals surface area contributed by atoms with Crippen molar-refractivity contribution in [2.45, 2.75) is 32.9 Å². The largest absolute Gasteiger partial charge is 0.487 e. The molecule has 0 atom stereocenters. The zero-order chi connectivity index (χ0) is 19.0. The number of carbonyl (C=O) groups excluding carboxylic acids is 1. The van der Waals surface area contributed by atoms with Crippen molar-refractivity contribution < 1.29 is 9.53 Å². The van der Waals surface area contributed by atoms with Gasteiger partial charge in [-0.15, -0.1) is 0 Å². The molecule has 1 amide bonds. The lowest BCUT2D eigenvalue weighted by Gasteiger charge is -2.38. The molecule has 0 aliphatic carbocycles. The van der Waals surface area contributed by atoms with Crippen molar-refractivity contribution in [3.05, 3.63) is 77.6 Å². The number of hydrogen-bond donors (Lipinski definition) is 0. The molecule has 1 aromatic heterocycles. The lowest BCUT2D eigenvalue weighted by atomic mass is 10.0. The number of hydrogen-bond acceptors (Lipinski definition) is 3. The van der Waals surface area contributed by atoms with Gasteiger partial charge < -0.3 is 9.64 Å². The van der Waals surface area contributed by atoms with Crippen molar-refractivity contribution in [3.8, 4) is 5.75 Å². The Kier molecular flexibility index (Phi) is 4.22. The Morgan fingerprint density at radius 2 is 1.78 bits per heavy atom. The number of para-hydroxylation sites is 1. The van der Waals surface area contributed by atoms with Gasteiger partial charge in [0.25, 0.3) is 5.91 Å². The fourth-order valence-electron chi connectivity index (χ4n) is 3.39. The molecule has 3 aromatic rings. The molecular formula is C22H23N3O2. The molecule has 0 bridgehead atoms. The first-order chi connectivity index (χ1) is 12.9. The fourth-order valence-corrected chi connectivity index (χ4v) is 3.39. The highest BCUT2D eigenvalue weighted by molar-refractivity contribution is 6.06. The summed E-state index contributed by atoms with van der Waals surface area (Å²) in [6.45, 7) is 7.14. The second kappa shape index (κ2) is 6.58. The van der Waals surface area contributed by atoms with Crippen LogP contribution in [0.2, 0.25) is 0 Å². The zero-order valence-electron chi connectivity index (χ0n) is 15.8. The molecule has 0 unspecified atom stereocenters. The number of anilines is 1. The van der Waals surface area contributed by atoms with Crippen LogP contribution >= 0.6 is 0 Å². The van der Waals surface area contributed by atoms with Crippen molar-refractivity contribution in [2.24, 2.45) is 0 Å². The normalized spacial score (nSPS) is 15.5. The van der Waals surface area contributed by atoms with Crippen molar-refractivity contribution in [2.75, 3.05) is 11.4 Å². The third kappa shape index (κ3) is 3.33. The molecule has 0 fully saturated rings. The van der Waals surface area contributed by atoms with Gasteiger partial charge in [-0.2, -0.15) is 5.10 Å². The Labute approximate surface area is 159 Å². The lowest BCUT2D eigenvalue weighted by Crippen LogP contribution is -2.51.